The molecule has 0 saturated heterocycles. The quantitative estimate of drug-likeness (QED) is 0.0556. The van der Waals surface area contributed by atoms with Gasteiger partial charge in [-0.25, -0.2) is 14.5 Å². The number of H-pyrrole nitrogens is 1. The monoisotopic (exact) mass is 874 g/mol. The highest BCUT2D eigenvalue weighted by atomic mass is 16.6. The highest BCUT2D eigenvalue weighted by Gasteiger charge is 2.31. The van der Waals surface area contributed by atoms with Crippen LogP contribution in [0.25, 0.3) is 27.8 Å². The van der Waals surface area contributed by atoms with Crippen molar-refractivity contribution in [2.45, 2.75) is 57.8 Å². The summed E-state index contributed by atoms with van der Waals surface area (Å²) in [6.45, 7) is 12.6. The van der Waals surface area contributed by atoms with E-state index in [4.69, 9.17) is 63.8 Å². The van der Waals surface area contributed by atoms with Gasteiger partial charge in [0.1, 0.15) is 34.9 Å². The highest BCUT2D eigenvalue weighted by Crippen LogP contribution is 2.39. The lowest BCUT2D eigenvalue weighted by atomic mass is 9.79. The number of rotatable bonds is 33. The SMILES string of the molecule is CCCOCCOCCOCCOCCOCCOCCN.COCCOCCOCCCC(=O)C1CCC(c2nc(-c3cc4cccc(OC)c4[nH]3)c3c(N)ncnn23)CC1. The highest BCUT2D eigenvalue weighted by molar-refractivity contribution is 5.93. The fraction of sp³-hybridized carbons (Fsp3) is 0.682. The Hall–Kier alpha value is -3.82. The van der Waals surface area contributed by atoms with Gasteiger partial charge in [0.15, 0.2) is 5.82 Å². The van der Waals surface area contributed by atoms with Crippen molar-refractivity contribution in [2.24, 2.45) is 11.7 Å². The van der Waals surface area contributed by atoms with E-state index in [1.165, 1.54) is 6.33 Å². The number of nitrogens with zero attached hydrogens (tertiary/aromatic N) is 4. The summed E-state index contributed by atoms with van der Waals surface area (Å²) in [6.07, 6.45) is 7.20. The topological polar surface area (TPSA) is 220 Å². The molecule has 0 radical (unpaired) electrons. The first-order valence-corrected chi connectivity index (χ1v) is 22.0. The maximum atomic E-state index is 12.9. The molecule has 4 aromatic rings. The normalized spacial score (nSPS) is 15.3. The van der Waals surface area contributed by atoms with Crippen LogP contribution in [-0.4, -0.2) is 163 Å². The number of nitrogen functional groups attached to an aromatic ring is 1. The number of nitrogens with two attached hydrogens (primary N) is 2. The van der Waals surface area contributed by atoms with Crippen LogP contribution in [0.15, 0.2) is 30.6 Å². The molecular formula is C44H71N7O11. The maximum absolute atomic E-state index is 12.9. The van der Waals surface area contributed by atoms with Crippen molar-refractivity contribution in [3.63, 3.8) is 0 Å². The van der Waals surface area contributed by atoms with Gasteiger partial charge in [-0.1, -0.05) is 19.1 Å². The largest absolute Gasteiger partial charge is 0.495 e. The Kier molecular flexibility index (Phi) is 25.5. The van der Waals surface area contributed by atoms with Crippen LogP contribution >= 0.6 is 0 Å². The molecule has 3 heterocycles. The molecule has 1 fully saturated rings. The van der Waals surface area contributed by atoms with E-state index < -0.39 is 0 Å². The molecule has 0 amide bonds. The summed E-state index contributed by atoms with van der Waals surface area (Å²) in [5.41, 5.74) is 14.8. The Morgan fingerprint density at radius 1 is 0.758 bits per heavy atom. The molecule has 348 valence electrons. The number of fused-ring (bicyclic) bond motifs is 2. The second kappa shape index (κ2) is 31.1. The molecule has 3 aromatic heterocycles. The zero-order valence-electron chi connectivity index (χ0n) is 37.2. The van der Waals surface area contributed by atoms with Crippen LogP contribution in [0.4, 0.5) is 5.82 Å². The molecule has 1 aliphatic carbocycles. The molecule has 0 spiro atoms. The number of benzene rings is 1. The first kappa shape index (κ1) is 50.8. The van der Waals surface area contributed by atoms with Crippen LogP contribution in [0.5, 0.6) is 5.75 Å². The van der Waals surface area contributed by atoms with E-state index in [1.807, 2.05) is 28.8 Å². The number of ketones is 1. The first-order valence-electron chi connectivity index (χ1n) is 22.0. The third kappa shape index (κ3) is 17.7. The number of aromatic nitrogens is 5. The Morgan fingerprint density at radius 2 is 1.32 bits per heavy atom. The van der Waals surface area contributed by atoms with E-state index in [0.29, 0.717) is 141 Å². The van der Waals surface area contributed by atoms with Crippen molar-refractivity contribution in [3.05, 3.63) is 36.4 Å². The molecular weight excluding hydrogens is 803 g/mol. The lowest BCUT2D eigenvalue weighted by molar-refractivity contribution is -0.124. The lowest BCUT2D eigenvalue weighted by Crippen LogP contribution is -2.22. The number of carbonyl (C=O) groups excluding carboxylic acids is 1. The van der Waals surface area contributed by atoms with E-state index in [1.54, 1.807) is 14.2 Å². The number of hydrogen-bond acceptors (Lipinski definition) is 16. The molecule has 0 bridgehead atoms. The standard InChI is InChI=1S/C29H38N6O5.C15H33NO6/c1-37-13-14-40-16-15-39-12-4-6-23(36)19-8-10-20(11-9-19)29-34-26(27-28(30)31-18-32-35(27)29)22-17-21-5-3-7-24(38-2)25(21)33-22;1-2-4-17-6-8-19-10-12-21-14-15-22-13-11-20-9-7-18-5-3-16/h3,5,7,17-20,33H,4,6,8-16H2,1-2H3,(H2,30,31,32);2-16H2,1H3. The Morgan fingerprint density at radius 3 is 1.89 bits per heavy atom. The number of hydrogen-bond donors (Lipinski definition) is 3. The van der Waals surface area contributed by atoms with E-state index in [9.17, 15) is 4.79 Å². The first-order chi connectivity index (χ1) is 30.5. The average Bonchev–Trinajstić information content (AvgIpc) is 3.91. The van der Waals surface area contributed by atoms with Gasteiger partial charge < -0.3 is 63.8 Å². The van der Waals surface area contributed by atoms with Gasteiger partial charge in [0.05, 0.1) is 117 Å². The minimum atomic E-state index is 0.0835. The zero-order valence-corrected chi connectivity index (χ0v) is 37.2. The maximum Gasteiger partial charge on any atom is 0.153 e. The number of carbonyl (C=O) groups is 1. The van der Waals surface area contributed by atoms with E-state index in [2.05, 4.69) is 22.0 Å². The number of imidazole rings is 1. The van der Waals surface area contributed by atoms with E-state index in [0.717, 1.165) is 73.3 Å². The number of nitrogens with one attached hydrogen (secondary N) is 1. The third-order valence-electron chi connectivity index (χ3n) is 10.1. The molecule has 18 heteroatoms. The van der Waals surface area contributed by atoms with Gasteiger partial charge in [-0.2, -0.15) is 5.10 Å². The molecule has 1 aliphatic rings. The molecule has 62 heavy (non-hydrogen) atoms. The summed E-state index contributed by atoms with van der Waals surface area (Å²) in [4.78, 5) is 25.6. The van der Waals surface area contributed by atoms with Gasteiger partial charge >= 0.3 is 0 Å². The van der Waals surface area contributed by atoms with Crippen LogP contribution in [-0.2, 0) is 47.4 Å². The smallest absolute Gasteiger partial charge is 0.153 e. The van der Waals surface area contributed by atoms with Gasteiger partial charge in [-0.05, 0) is 50.7 Å². The molecule has 5 rings (SSSR count). The van der Waals surface area contributed by atoms with Crippen molar-refractivity contribution in [1.29, 1.82) is 0 Å². The third-order valence-corrected chi connectivity index (χ3v) is 10.1. The van der Waals surface area contributed by atoms with Gasteiger partial charge in [0.2, 0.25) is 0 Å². The molecule has 18 nitrogen and oxygen atoms in total. The average molecular weight is 874 g/mol. The molecule has 5 N–H and O–H groups in total. The summed E-state index contributed by atoms with van der Waals surface area (Å²) >= 11 is 0. The number of anilines is 1. The molecule has 0 aliphatic heterocycles. The Balaban J connectivity index is 0.000000328. The zero-order chi connectivity index (χ0) is 44.0. The minimum Gasteiger partial charge on any atom is -0.495 e. The summed E-state index contributed by atoms with van der Waals surface area (Å²) < 4.78 is 55.1. The molecule has 0 unspecified atom stereocenters. The molecule has 1 aromatic carbocycles. The fourth-order valence-electron chi connectivity index (χ4n) is 6.98. The predicted molar refractivity (Wildman–Crippen MR) is 236 cm³/mol. The van der Waals surface area contributed by atoms with Crippen molar-refractivity contribution < 1.29 is 52.2 Å². The molecule has 1 saturated carbocycles. The summed E-state index contributed by atoms with van der Waals surface area (Å²) in [6, 6.07) is 7.95. The van der Waals surface area contributed by atoms with Crippen molar-refractivity contribution in [2.75, 3.05) is 139 Å². The van der Waals surface area contributed by atoms with Crippen LogP contribution < -0.4 is 16.2 Å². The van der Waals surface area contributed by atoms with Crippen molar-refractivity contribution in [1.82, 2.24) is 24.6 Å². The second-order valence-electron chi connectivity index (χ2n) is 14.6. The predicted octanol–water partition coefficient (Wildman–Crippen LogP) is 4.62. The van der Waals surface area contributed by atoms with Crippen LogP contribution in [0.1, 0.15) is 63.6 Å². The van der Waals surface area contributed by atoms with E-state index in [-0.39, 0.29) is 11.8 Å². The Labute approximate surface area is 365 Å². The van der Waals surface area contributed by atoms with Gasteiger partial charge in [0.25, 0.3) is 0 Å². The summed E-state index contributed by atoms with van der Waals surface area (Å²) in [5, 5.41) is 5.54. The van der Waals surface area contributed by atoms with Crippen LogP contribution in [0.3, 0.4) is 0 Å². The van der Waals surface area contributed by atoms with Crippen molar-refractivity contribution >= 4 is 28.0 Å². The van der Waals surface area contributed by atoms with Crippen LogP contribution in [0, 0.1) is 5.92 Å². The number of ether oxygens (including phenoxy) is 10. The minimum absolute atomic E-state index is 0.0835. The fourth-order valence-corrected chi connectivity index (χ4v) is 6.98. The number of methoxy groups -OCH3 is 2. The van der Waals surface area contributed by atoms with Gasteiger partial charge in [-0.3, -0.25) is 4.79 Å². The summed E-state index contributed by atoms with van der Waals surface area (Å²) in [7, 11) is 3.30. The second-order valence-corrected chi connectivity index (χ2v) is 14.6. The lowest BCUT2D eigenvalue weighted by Gasteiger charge is -2.26. The van der Waals surface area contributed by atoms with Gasteiger partial charge in [-0.15, -0.1) is 0 Å². The van der Waals surface area contributed by atoms with E-state index >= 15 is 0 Å². The number of aromatic amines is 1. The van der Waals surface area contributed by atoms with Gasteiger partial charge in [0, 0.05) is 50.5 Å². The number of Topliss-reactive ketones (excluding diaryl/α,β-unsaturated/α-hetero) is 1. The Bertz CT molecular complexity index is 1760. The van der Waals surface area contributed by atoms with Crippen LogP contribution in [0.2, 0.25) is 0 Å². The summed E-state index contributed by atoms with van der Waals surface area (Å²) in [5.74, 6) is 2.59. The molecule has 0 atom stereocenters. The number of para-hydroxylation sites is 1. The van der Waals surface area contributed by atoms with Crippen molar-refractivity contribution in [3.8, 4) is 17.1 Å².